The molecule has 7 heteroatoms. The molecule has 1 aromatic carbocycles. The molecule has 7 nitrogen and oxygen atoms in total. The summed E-state index contributed by atoms with van der Waals surface area (Å²) in [5, 5.41) is 0. The molecule has 0 saturated heterocycles. The lowest BCUT2D eigenvalue weighted by Gasteiger charge is -2.01. The zero-order valence-electron chi connectivity index (χ0n) is 8.74. The molecule has 4 N–H and O–H groups in total. The summed E-state index contributed by atoms with van der Waals surface area (Å²) in [6.45, 7) is 0. The summed E-state index contributed by atoms with van der Waals surface area (Å²) in [4.78, 5) is 35.7. The smallest absolute Gasteiger partial charge is 0.309 e. The average Bonchev–Trinajstić information content (AvgIpc) is 2.29. The van der Waals surface area contributed by atoms with E-state index in [2.05, 4.69) is 21.5 Å². The van der Waals surface area contributed by atoms with Gasteiger partial charge in [0.2, 0.25) is 12.2 Å². The van der Waals surface area contributed by atoms with Gasteiger partial charge in [0.1, 0.15) is 0 Å². The minimum atomic E-state index is -0.833. The molecule has 0 fully saturated rings. The number of nitrogens with zero attached hydrogens (tertiary/aromatic N) is 2. The first kappa shape index (κ1) is 14.2. The summed E-state index contributed by atoms with van der Waals surface area (Å²) < 4.78 is 0. The second-order valence-corrected chi connectivity index (χ2v) is 2.63. The number of amides is 2. The number of aliphatic imine (C=N–C) groups is 2. The number of hydrogen-bond donors (Lipinski definition) is 2. The Morgan fingerprint density at radius 1 is 1.06 bits per heavy atom. The Balaban J connectivity index is 0.000000557. The Labute approximate surface area is 96.9 Å². The number of carbonyl (C=O) groups excluding carboxylic acids is 3. The van der Waals surface area contributed by atoms with Gasteiger partial charge in [0.05, 0.1) is 0 Å². The van der Waals surface area contributed by atoms with Crippen molar-refractivity contribution in [1.82, 2.24) is 0 Å². The van der Waals surface area contributed by atoms with Crippen molar-refractivity contribution in [2.24, 2.45) is 21.5 Å². The standard InChI is InChI=1S/C9H6N2O2.CH4N2O/c12-6-10-9(11-7-13)8-4-2-1-3-5-8;2-1(3)4/h1-5,9H;(H4,2,3,4). The number of primary amides is 2. The third-order valence-electron chi connectivity index (χ3n) is 1.45. The monoisotopic (exact) mass is 234 g/mol. The van der Waals surface area contributed by atoms with Crippen LogP contribution in [-0.2, 0) is 9.59 Å². The topological polar surface area (TPSA) is 128 Å². The highest BCUT2D eigenvalue weighted by Gasteiger charge is 2.05. The third kappa shape index (κ3) is 7.21. The minimum absolute atomic E-state index is 0.661. The van der Waals surface area contributed by atoms with Crippen LogP contribution in [0.4, 0.5) is 4.79 Å². The molecule has 0 spiro atoms. The summed E-state index contributed by atoms with van der Waals surface area (Å²) in [7, 11) is 0. The molecule has 1 rings (SSSR count). The Morgan fingerprint density at radius 3 is 1.82 bits per heavy atom. The van der Waals surface area contributed by atoms with Crippen LogP contribution in [0.2, 0.25) is 0 Å². The van der Waals surface area contributed by atoms with Crippen molar-refractivity contribution in [2.45, 2.75) is 6.17 Å². The van der Waals surface area contributed by atoms with E-state index in [9.17, 15) is 9.59 Å². The normalized spacial score (nSPS) is 9.65. The lowest BCUT2D eigenvalue weighted by atomic mass is 10.2. The molecule has 0 radical (unpaired) electrons. The first-order valence-corrected chi connectivity index (χ1v) is 4.35. The summed E-state index contributed by atoms with van der Waals surface area (Å²) >= 11 is 0. The highest BCUT2D eigenvalue weighted by Crippen LogP contribution is 2.16. The van der Waals surface area contributed by atoms with Crippen LogP contribution in [0.15, 0.2) is 40.3 Å². The van der Waals surface area contributed by atoms with Crippen molar-refractivity contribution in [2.75, 3.05) is 0 Å². The molecular weight excluding hydrogens is 224 g/mol. The van der Waals surface area contributed by atoms with Crippen molar-refractivity contribution < 1.29 is 14.4 Å². The number of rotatable bonds is 3. The first-order chi connectivity index (χ1) is 8.11. The van der Waals surface area contributed by atoms with Crippen LogP contribution in [0.5, 0.6) is 0 Å². The number of urea groups is 1. The quantitative estimate of drug-likeness (QED) is 0.579. The maximum absolute atomic E-state index is 9.98. The molecule has 2 amide bonds. The molecular formula is C10H10N4O3. The van der Waals surface area contributed by atoms with Gasteiger partial charge in [-0.15, -0.1) is 0 Å². The summed E-state index contributed by atoms with van der Waals surface area (Å²) in [5.74, 6) is 0. The second kappa shape index (κ2) is 8.55. The van der Waals surface area contributed by atoms with E-state index >= 15 is 0 Å². The van der Waals surface area contributed by atoms with E-state index in [4.69, 9.17) is 4.79 Å². The van der Waals surface area contributed by atoms with E-state index < -0.39 is 12.2 Å². The van der Waals surface area contributed by atoms with Crippen LogP contribution in [0.3, 0.4) is 0 Å². The van der Waals surface area contributed by atoms with Crippen LogP contribution < -0.4 is 11.5 Å². The summed E-state index contributed by atoms with van der Waals surface area (Å²) in [5.41, 5.74) is 9.16. The van der Waals surface area contributed by atoms with Gasteiger partial charge in [0.25, 0.3) is 0 Å². The molecule has 0 aliphatic carbocycles. The third-order valence-corrected chi connectivity index (χ3v) is 1.45. The zero-order valence-corrected chi connectivity index (χ0v) is 8.74. The van der Waals surface area contributed by atoms with E-state index in [1.54, 1.807) is 24.3 Å². The van der Waals surface area contributed by atoms with Crippen LogP contribution >= 0.6 is 0 Å². The van der Waals surface area contributed by atoms with Crippen molar-refractivity contribution in [3.63, 3.8) is 0 Å². The molecule has 0 saturated carbocycles. The SMILES string of the molecule is NC(N)=O.O=C=NC(N=C=O)c1ccccc1. The van der Waals surface area contributed by atoms with Gasteiger partial charge in [-0.3, -0.25) is 0 Å². The summed E-state index contributed by atoms with van der Waals surface area (Å²) in [6.07, 6.45) is 1.90. The van der Waals surface area contributed by atoms with Gasteiger partial charge in [-0.2, -0.15) is 9.98 Å². The highest BCUT2D eigenvalue weighted by molar-refractivity contribution is 5.69. The second-order valence-electron chi connectivity index (χ2n) is 2.63. The van der Waals surface area contributed by atoms with Gasteiger partial charge < -0.3 is 11.5 Å². The predicted molar refractivity (Wildman–Crippen MR) is 59.2 cm³/mol. The maximum atomic E-state index is 9.98. The van der Waals surface area contributed by atoms with Gasteiger partial charge in [-0.1, -0.05) is 30.3 Å². The first-order valence-electron chi connectivity index (χ1n) is 4.35. The van der Waals surface area contributed by atoms with Gasteiger partial charge in [-0.25, -0.2) is 14.4 Å². The Bertz CT molecular complexity index is 426. The van der Waals surface area contributed by atoms with E-state index in [1.165, 1.54) is 12.2 Å². The molecule has 0 atom stereocenters. The number of isocyanates is 2. The number of carbonyl (C=O) groups is 1. The Kier molecular flexibility index (Phi) is 7.17. The van der Waals surface area contributed by atoms with Crippen molar-refractivity contribution in [3.05, 3.63) is 35.9 Å². The van der Waals surface area contributed by atoms with E-state index in [0.29, 0.717) is 5.56 Å². The maximum Gasteiger partial charge on any atom is 0.309 e. The van der Waals surface area contributed by atoms with E-state index in [1.807, 2.05) is 6.07 Å². The number of benzene rings is 1. The zero-order chi connectivity index (χ0) is 13.1. The lowest BCUT2D eigenvalue weighted by Crippen LogP contribution is -2.18. The van der Waals surface area contributed by atoms with Crippen molar-refractivity contribution in [1.29, 1.82) is 0 Å². The molecule has 0 aromatic heterocycles. The Morgan fingerprint density at radius 2 is 1.47 bits per heavy atom. The molecule has 17 heavy (non-hydrogen) atoms. The van der Waals surface area contributed by atoms with Crippen LogP contribution in [0, 0.1) is 0 Å². The average molecular weight is 234 g/mol. The van der Waals surface area contributed by atoms with E-state index in [-0.39, 0.29) is 0 Å². The predicted octanol–water partition coefficient (Wildman–Crippen LogP) is 0.381. The van der Waals surface area contributed by atoms with E-state index in [0.717, 1.165) is 0 Å². The number of hydrogen-bond acceptors (Lipinski definition) is 5. The van der Waals surface area contributed by atoms with Crippen LogP contribution in [0.1, 0.15) is 11.7 Å². The molecule has 88 valence electrons. The molecule has 0 heterocycles. The molecule has 0 aliphatic rings. The fourth-order valence-electron chi connectivity index (χ4n) is 0.903. The fraction of sp³-hybridized carbons (Fsp3) is 0.100. The molecule has 0 unspecified atom stereocenters. The molecule has 1 aromatic rings. The largest absolute Gasteiger partial charge is 0.352 e. The highest BCUT2D eigenvalue weighted by atomic mass is 16.2. The minimum Gasteiger partial charge on any atom is -0.352 e. The van der Waals surface area contributed by atoms with Crippen LogP contribution in [0.25, 0.3) is 0 Å². The molecule has 0 bridgehead atoms. The van der Waals surface area contributed by atoms with Gasteiger partial charge in [-0.05, 0) is 5.56 Å². The van der Waals surface area contributed by atoms with Crippen molar-refractivity contribution in [3.8, 4) is 0 Å². The molecule has 0 aliphatic heterocycles. The van der Waals surface area contributed by atoms with Crippen LogP contribution in [-0.4, -0.2) is 18.2 Å². The van der Waals surface area contributed by atoms with Gasteiger partial charge in [0.15, 0.2) is 6.17 Å². The number of nitrogens with two attached hydrogens (primary N) is 2. The van der Waals surface area contributed by atoms with Gasteiger partial charge in [0, 0.05) is 0 Å². The lowest BCUT2D eigenvalue weighted by molar-refractivity contribution is 0.256. The summed E-state index contributed by atoms with van der Waals surface area (Å²) in [6, 6.07) is 7.94. The Hall–Kier alpha value is -2.75. The fourth-order valence-corrected chi connectivity index (χ4v) is 0.903. The van der Waals surface area contributed by atoms with Crippen molar-refractivity contribution >= 4 is 18.2 Å². The van der Waals surface area contributed by atoms with Gasteiger partial charge >= 0.3 is 6.03 Å².